The van der Waals surface area contributed by atoms with Gasteiger partial charge in [0.1, 0.15) is 0 Å². The van der Waals surface area contributed by atoms with E-state index < -0.39 is 5.97 Å². The average Bonchev–Trinajstić information content (AvgIpc) is 2.81. The lowest BCUT2D eigenvalue weighted by Gasteiger charge is -2.26. The predicted octanol–water partition coefficient (Wildman–Crippen LogP) is 2.38. The fraction of sp³-hybridized carbons (Fsp3) is 0.571. The van der Waals surface area contributed by atoms with Crippen LogP contribution in [-0.2, 0) is 14.9 Å². The lowest BCUT2D eigenvalue weighted by atomic mass is 9.91. The van der Waals surface area contributed by atoms with E-state index >= 15 is 0 Å². The summed E-state index contributed by atoms with van der Waals surface area (Å²) in [5.74, 6) is -0.939. The molecule has 1 saturated heterocycles. The topological polar surface area (TPSA) is 62.7 Å². The number of hydrogen-bond acceptors (Lipinski definition) is 5. The monoisotopic (exact) mass is 296 g/mol. The van der Waals surface area contributed by atoms with E-state index in [-0.39, 0.29) is 5.41 Å². The summed E-state index contributed by atoms with van der Waals surface area (Å²) in [7, 11) is 0. The fourth-order valence-electron chi connectivity index (χ4n) is 2.01. The van der Waals surface area contributed by atoms with Crippen molar-refractivity contribution in [3.8, 4) is 0 Å². The highest BCUT2D eigenvalue weighted by molar-refractivity contribution is 7.16. The highest BCUT2D eigenvalue weighted by atomic mass is 32.1. The number of carboxylic acid groups (broad SMARTS) is 1. The Morgan fingerprint density at radius 1 is 1.40 bits per heavy atom. The van der Waals surface area contributed by atoms with E-state index in [4.69, 9.17) is 14.8 Å². The van der Waals surface area contributed by atoms with Gasteiger partial charge < -0.3 is 14.7 Å². The number of hydrogen-bond donors (Lipinski definition) is 1. The zero-order valence-corrected chi connectivity index (χ0v) is 12.9. The number of ether oxygens (including phenoxy) is 1. The van der Waals surface area contributed by atoms with Crippen molar-refractivity contribution < 1.29 is 14.6 Å². The first-order valence-corrected chi connectivity index (χ1v) is 7.44. The summed E-state index contributed by atoms with van der Waals surface area (Å²) < 4.78 is 5.35. The molecule has 2 heterocycles. The van der Waals surface area contributed by atoms with Crippen LogP contribution >= 0.6 is 11.3 Å². The minimum Gasteiger partial charge on any atom is -0.478 e. The molecule has 1 aliphatic rings. The number of aromatic nitrogens is 1. The smallest absolute Gasteiger partial charge is 0.328 e. The van der Waals surface area contributed by atoms with Crippen LogP contribution in [0.25, 0.3) is 6.08 Å². The zero-order chi connectivity index (χ0) is 14.8. The Bertz CT molecular complexity index is 511. The first-order valence-electron chi connectivity index (χ1n) is 6.63. The van der Waals surface area contributed by atoms with Gasteiger partial charge in [-0.3, -0.25) is 0 Å². The molecule has 0 spiro atoms. The minimum atomic E-state index is -0.939. The van der Waals surface area contributed by atoms with Crippen molar-refractivity contribution in [2.45, 2.75) is 26.2 Å². The van der Waals surface area contributed by atoms with E-state index in [1.807, 2.05) is 0 Å². The summed E-state index contributed by atoms with van der Waals surface area (Å²) in [6.07, 6.45) is 2.82. The third-order valence-electron chi connectivity index (χ3n) is 3.01. The second-order valence-corrected chi connectivity index (χ2v) is 6.74. The molecule has 0 unspecified atom stereocenters. The summed E-state index contributed by atoms with van der Waals surface area (Å²) in [5, 5.41) is 9.74. The van der Waals surface area contributed by atoms with Crippen molar-refractivity contribution in [3.63, 3.8) is 0 Å². The number of carboxylic acids is 1. The molecule has 0 saturated carbocycles. The van der Waals surface area contributed by atoms with Crippen molar-refractivity contribution in [2.75, 3.05) is 31.2 Å². The number of anilines is 1. The Labute approximate surface area is 122 Å². The van der Waals surface area contributed by atoms with Gasteiger partial charge in [-0.15, -0.1) is 0 Å². The van der Waals surface area contributed by atoms with Crippen LogP contribution in [-0.4, -0.2) is 42.4 Å². The molecule has 2 rings (SSSR count). The van der Waals surface area contributed by atoms with Gasteiger partial charge in [-0.2, -0.15) is 0 Å². The second-order valence-electron chi connectivity index (χ2n) is 5.73. The Balaban J connectivity index is 2.33. The van der Waals surface area contributed by atoms with Crippen molar-refractivity contribution in [3.05, 3.63) is 16.6 Å². The summed E-state index contributed by atoms with van der Waals surface area (Å²) >= 11 is 1.54. The standard InChI is InChI=1S/C14H20N2O3S/c1-14(2,3)12-10(4-5-11(17)18)20-13(15-12)16-6-8-19-9-7-16/h4-5H,6-9H2,1-3H3,(H,17,18)/b5-4+. The molecule has 1 aliphatic heterocycles. The molecule has 1 aromatic rings. The van der Waals surface area contributed by atoms with Gasteiger partial charge >= 0.3 is 5.97 Å². The fourth-order valence-corrected chi connectivity index (χ4v) is 3.24. The number of rotatable bonds is 3. The van der Waals surface area contributed by atoms with E-state index in [0.29, 0.717) is 13.2 Å². The van der Waals surface area contributed by atoms with Gasteiger partial charge in [-0.1, -0.05) is 32.1 Å². The van der Waals surface area contributed by atoms with Crippen LogP contribution in [0.4, 0.5) is 5.13 Å². The zero-order valence-electron chi connectivity index (χ0n) is 12.0. The van der Waals surface area contributed by atoms with Crippen LogP contribution in [0, 0.1) is 0 Å². The van der Waals surface area contributed by atoms with Gasteiger partial charge in [0.25, 0.3) is 0 Å². The Hall–Kier alpha value is -1.40. The predicted molar refractivity (Wildman–Crippen MR) is 80.5 cm³/mol. The van der Waals surface area contributed by atoms with Crippen molar-refractivity contribution in [1.82, 2.24) is 4.98 Å². The lowest BCUT2D eigenvalue weighted by Crippen LogP contribution is -2.36. The Kier molecular flexibility index (Phi) is 4.45. The first-order chi connectivity index (χ1) is 9.38. The van der Waals surface area contributed by atoms with Crippen molar-refractivity contribution in [1.29, 1.82) is 0 Å². The third kappa shape index (κ3) is 3.58. The van der Waals surface area contributed by atoms with Crippen LogP contribution < -0.4 is 4.90 Å². The number of aliphatic carboxylic acids is 1. The van der Waals surface area contributed by atoms with E-state index in [1.165, 1.54) is 6.08 Å². The normalized spacial score (nSPS) is 16.9. The minimum absolute atomic E-state index is 0.112. The maximum absolute atomic E-state index is 10.7. The molecule has 0 amide bonds. The van der Waals surface area contributed by atoms with E-state index in [0.717, 1.165) is 28.8 Å². The molecule has 1 aromatic heterocycles. The van der Waals surface area contributed by atoms with Gasteiger partial charge in [-0.05, 0) is 6.08 Å². The molecule has 0 bridgehead atoms. The van der Waals surface area contributed by atoms with E-state index in [2.05, 4.69) is 25.7 Å². The maximum atomic E-state index is 10.7. The molecule has 0 aromatic carbocycles. The molecule has 5 nitrogen and oxygen atoms in total. The van der Waals surface area contributed by atoms with Gasteiger partial charge in [0.15, 0.2) is 5.13 Å². The Morgan fingerprint density at radius 2 is 2.05 bits per heavy atom. The number of nitrogens with zero attached hydrogens (tertiary/aromatic N) is 2. The molecule has 1 fully saturated rings. The Morgan fingerprint density at radius 3 is 2.60 bits per heavy atom. The summed E-state index contributed by atoms with van der Waals surface area (Å²) in [6, 6.07) is 0. The largest absolute Gasteiger partial charge is 0.478 e. The molecule has 0 atom stereocenters. The van der Waals surface area contributed by atoms with Gasteiger partial charge in [0.05, 0.1) is 23.8 Å². The SMILES string of the molecule is CC(C)(C)c1nc(N2CCOCC2)sc1/C=C/C(=O)O. The second kappa shape index (κ2) is 5.93. The van der Waals surface area contributed by atoms with Crippen LogP contribution in [0.1, 0.15) is 31.3 Å². The van der Waals surface area contributed by atoms with E-state index in [1.54, 1.807) is 17.4 Å². The highest BCUT2D eigenvalue weighted by Gasteiger charge is 2.24. The number of carbonyl (C=O) groups is 1. The molecule has 1 N–H and O–H groups in total. The van der Waals surface area contributed by atoms with Crippen LogP contribution in [0.15, 0.2) is 6.08 Å². The van der Waals surface area contributed by atoms with Crippen LogP contribution in [0.3, 0.4) is 0 Å². The molecule has 6 heteroatoms. The maximum Gasteiger partial charge on any atom is 0.328 e. The first kappa shape index (κ1) is 15.0. The summed E-state index contributed by atoms with van der Waals surface area (Å²) in [5.41, 5.74) is 0.834. The third-order valence-corrected chi connectivity index (χ3v) is 4.09. The molecular weight excluding hydrogens is 276 g/mol. The van der Waals surface area contributed by atoms with Crippen LogP contribution in [0.2, 0.25) is 0 Å². The molecule has 110 valence electrons. The average molecular weight is 296 g/mol. The molecule has 0 aliphatic carbocycles. The summed E-state index contributed by atoms with van der Waals surface area (Å²) in [6.45, 7) is 9.35. The van der Waals surface area contributed by atoms with Crippen molar-refractivity contribution >= 4 is 28.5 Å². The summed E-state index contributed by atoms with van der Waals surface area (Å²) in [4.78, 5) is 18.6. The van der Waals surface area contributed by atoms with E-state index in [9.17, 15) is 4.79 Å². The van der Waals surface area contributed by atoms with Crippen molar-refractivity contribution in [2.24, 2.45) is 0 Å². The molecule has 0 radical (unpaired) electrons. The van der Waals surface area contributed by atoms with Gasteiger partial charge in [0, 0.05) is 24.6 Å². The molecular formula is C14H20N2O3S. The lowest BCUT2D eigenvalue weighted by molar-refractivity contribution is -0.131. The van der Waals surface area contributed by atoms with Crippen LogP contribution in [0.5, 0.6) is 0 Å². The number of morpholine rings is 1. The highest BCUT2D eigenvalue weighted by Crippen LogP contribution is 2.35. The number of thiazole rings is 1. The quantitative estimate of drug-likeness (QED) is 0.868. The van der Waals surface area contributed by atoms with Gasteiger partial charge in [-0.25, -0.2) is 9.78 Å². The van der Waals surface area contributed by atoms with Gasteiger partial charge in [0.2, 0.25) is 0 Å². The molecule has 20 heavy (non-hydrogen) atoms.